The predicted molar refractivity (Wildman–Crippen MR) is 107 cm³/mol. The number of anilines is 1. The summed E-state index contributed by atoms with van der Waals surface area (Å²) in [6.07, 6.45) is 3.81. The second-order valence-electron chi connectivity index (χ2n) is 7.59. The first kappa shape index (κ1) is 15.8. The van der Waals surface area contributed by atoms with E-state index in [1.807, 2.05) is 0 Å². The van der Waals surface area contributed by atoms with Crippen molar-refractivity contribution in [1.29, 1.82) is 0 Å². The van der Waals surface area contributed by atoms with E-state index >= 15 is 0 Å². The Morgan fingerprint density at radius 3 is 2.84 bits per heavy atom. The molecule has 25 heavy (non-hydrogen) atoms. The van der Waals surface area contributed by atoms with Crippen LogP contribution >= 0.6 is 11.8 Å². The van der Waals surface area contributed by atoms with Crippen LogP contribution in [0.2, 0.25) is 0 Å². The van der Waals surface area contributed by atoms with Gasteiger partial charge in [-0.2, -0.15) is 0 Å². The van der Waals surface area contributed by atoms with Crippen molar-refractivity contribution < 1.29 is 0 Å². The average Bonchev–Trinajstić information content (AvgIpc) is 2.83. The molecule has 0 amide bonds. The molecule has 2 aromatic carbocycles. The Kier molecular flexibility index (Phi) is 4.23. The molecule has 3 heteroatoms. The van der Waals surface area contributed by atoms with Crippen molar-refractivity contribution in [3.63, 3.8) is 0 Å². The molecule has 0 aliphatic carbocycles. The van der Waals surface area contributed by atoms with E-state index in [0.717, 1.165) is 6.04 Å². The lowest BCUT2D eigenvalue weighted by molar-refractivity contribution is 0.195. The van der Waals surface area contributed by atoms with Gasteiger partial charge in [0.15, 0.2) is 0 Å². The molecule has 0 spiro atoms. The largest absolute Gasteiger partial charge is 0.367 e. The lowest BCUT2D eigenvalue weighted by Crippen LogP contribution is -2.47. The zero-order chi connectivity index (χ0) is 16.6. The van der Waals surface area contributed by atoms with Gasteiger partial charge in [-0.05, 0) is 42.2 Å². The monoisotopic (exact) mass is 350 g/mol. The predicted octanol–water partition coefficient (Wildman–Crippen LogP) is 4.40. The number of rotatable bonds is 3. The van der Waals surface area contributed by atoms with Gasteiger partial charge in [-0.15, -0.1) is 11.8 Å². The van der Waals surface area contributed by atoms with Crippen LogP contribution in [0.3, 0.4) is 0 Å². The van der Waals surface area contributed by atoms with E-state index in [0.29, 0.717) is 5.92 Å². The van der Waals surface area contributed by atoms with E-state index in [2.05, 4.69) is 70.1 Å². The van der Waals surface area contributed by atoms with Crippen LogP contribution in [0.25, 0.3) is 0 Å². The molecule has 5 rings (SSSR count). The summed E-state index contributed by atoms with van der Waals surface area (Å²) in [6, 6.07) is 18.7. The lowest BCUT2D eigenvalue weighted by atomic mass is 9.89. The van der Waals surface area contributed by atoms with Gasteiger partial charge in [0, 0.05) is 43.0 Å². The van der Waals surface area contributed by atoms with Gasteiger partial charge < -0.3 is 9.80 Å². The molecule has 2 nitrogen and oxygen atoms in total. The molecule has 3 aliphatic heterocycles. The topological polar surface area (TPSA) is 6.48 Å². The summed E-state index contributed by atoms with van der Waals surface area (Å²) in [4.78, 5) is 7.00. The second kappa shape index (κ2) is 6.69. The van der Waals surface area contributed by atoms with Crippen molar-refractivity contribution in [2.45, 2.75) is 36.1 Å². The van der Waals surface area contributed by atoms with Crippen molar-refractivity contribution in [1.82, 2.24) is 4.90 Å². The highest BCUT2D eigenvalue weighted by Gasteiger charge is 2.43. The zero-order valence-electron chi connectivity index (χ0n) is 14.7. The first-order valence-corrected chi connectivity index (χ1v) is 10.7. The quantitative estimate of drug-likeness (QED) is 0.810. The number of piperidine rings is 1. The molecule has 0 saturated carbocycles. The molecule has 3 aliphatic rings. The summed E-state index contributed by atoms with van der Waals surface area (Å²) < 4.78 is 0. The fraction of sp³-hybridized carbons (Fsp3) is 0.455. The first-order chi connectivity index (χ1) is 12.4. The maximum Gasteiger partial charge on any atom is 0.0543 e. The number of fused-ring (bicyclic) bond motifs is 3. The molecule has 0 N–H and O–H groups in total. The smallest absolute Gasteiger partial charge is 0.0543 e. The van der Waals surface area contributed by atoms with Crippen molar-refractivity contribution in [2.24, 2.45) is 0 Å². The molecule has 2 atom stereocenters. The SMILES string of the molecule is c1ccc(CCN2CCC3C(C2)c2cccc4c2N3CCCS4)cc1. The number of benzene rings is 2. The van der Waals surface area contributed by atoms with Gasteiger partial charge in [-0.1, -0.05) is 42.5 Å². The maximum absolute atomic E-state index is 2.77. The van der Waals surface area contributed by atoms with Crippen molar-refractivity contribution >= 4 is 17.4 Å². The average molecular weight is 351 g/mol. The number of para-hydroxylation sites is 1. The standard InChI is InChI=1S/C22H26N2S/c1-2-6-17(7-3-1)10-13-23-14-11-20-19(16-23)18-8-4-9-21-22(18)24(20)12-5-15-25-21/h1-4,6-9,19-20H,5,10-16H2. The molecule has 2 aromatic rings. The van der Waals surface area contributed by atoms with E-state index < -0.39 is 0 Å². The van der Waals surface area contributed by atoms with Crippen LogP contribution in [-0.4, -0.2) is 42.9 Å². The number of likely N-dealkylation sites (tertiary alicyclic amines) is 1. The number of thioether (sulfide) groups is 1. The lowest BCUT2D eigenvalue weighted by Gasteiger charge is -2.39. The number of hydrogen-bond acceptors (Lipinski definition) is 3. The Balaban J connectivity index is 1.35. The molecule has 1 saturated heterocycles. The normalized spacial score (nSPS) is 25.4. The van der Waals surface area contributed by atoms with Crippen LogP contribution < -0.4 is 4.90 Å². The minimum Gasteiger partial charge on any atom is -0.367 e. The third-order valence-electron chi connectivity index (χ3n) is 6.14. The van der Waals surface area contributed by atoms with Gasteiger partial charge in [0.25, 0.3) is 0 Å². The van der Waals surface area contributed by atoms with E-state index in [1.54, 1.807) is 11.3 Å². The van der Waals surface area contributed by atoms with Gasteiger partial charge in [-0.3, -0.25) is 0 Å². The third kappa shape index (κ3) is 2.88. The fourth-order valence-corrected chi connectivity index (χ4v) is 5.98. The van der Waals surface area contributed by atoms with Crippen molar-refractivity contribution in [3.8, 4) is 0 Å². The third-order valence-corrected chi connectivity index (χ3v) is 7.27. The summed E-state index contributed by atoms with van der Waals surface area (Å²) in [7, 11) is 0. The summed E-state index contributed by atoms with van der Waals surface area (Å²) in [5.74, 6) is 1.98. The summed E-state index contributed by atoms with van der Waals surface area (Å²) >= 11 is 2.07. The van der Waals surface area contributed by atoms with Crippen LogP contribution in [-0.2, 0) is 6.42 Å². The van der Waals surface area contributed by atoms with Crippen LogP contribution in [0.1, 0.15) is 29.9 Å². The Morgan fingerprint density at radius 1 is 1.00 bits per heavy atom. The number of hydrogen-bond donors (Lipinski definition) is 0. The summed E-state index contributed by atoms with van der Waals surface area (Å²) in [6.45, 7) is 4.93. The highest BCUT2D eigenvalue weighted by Crippen LogP contribution is 2.50. The minimum atomic E-state index is 0.707. The maximum atomic E-state index is 2.77. The van der Waals surface area contributed by atoms with Crippen LogP contribution in [0.5, 0.6) is 0 Å². The van der Waals surface area contributed by atoms with Crippen LogP contribution in [0.4, 0.5) is 5.69 Å². The molecular formula is C22H26N2S. The molecular weight excluding hydrogens is 324 g/mol. The van der Waals surface area contributed by atoms with Crippen LogP contribution in [0.15, 0.2) is 53.4 Å². The Labute approximate surface area is 155 Å². The van der Waals surface area contributed by atoms with Crippen molar-refractivity contribution in [3.05, 3.63) is 59.7 Å². The summed E-state index contributed by atoms with van der Waals surface area (Å²) in [5.41, 5.74) is 4.68. The van der Waals surface area contributed by atoms with E-state index in [1.165, 1.54) is 61.7 Å². The molecule has 0 aromatic heterocycles. The van der Waals surface area contributed by atoms with E-state index in [-0.39, 0.29) is 0 Å². The highest BCUT2D eigenvalue weighted by atomic mass is 32.2. The highest BCUT2D eigenvalue weighted by molar-refractivity contribution is 7.99. The molecule has 2 unspecified atom stereocenters. The van der Waals surface area contributed by atoms with Gasteiger partial charge in [0.2, 0.25) is 0 Å². The van der Waals surface area contributed by atoms with Crippen molar-refractivity contribution in [2.75, 3.05) is 36.8 Å². The molecule has 130 valence electrons. The summed E-state index contributed by atoms with van der Waals surface area (Å²) in [5, 5.41) is 0. The second-order valence-corrected chi connectivity index (χ2v) is 8.72. The zero-order valence-corrected chi connectivity index (χ0v) is 15.5. The molecule has 0 bridgehead atoms. The Bertz CT molecular complexity index is 745. The number of nitrogens with zero attached hydrogens (tertiary/aromatic N) is 2. The molecule has 3 heterocycles. The Hall–Kier alpha value is -1.45. The van der Waals surface area contributed by atoms with Gasteiger partial charge in [0.1, 0.15) is 0 Å². The first-order valence-electron chi connectivity index (χ1n) is 9.69. The minimum absolute atomic E-state index is 0.707. The van der Waals surface area contributed by atoms with E-state index in [9.17, 15) is 0 Å². The van der Waals surface area contributed by atoms with Gasteiger partial charge in [-0.25, -0.2) is 0 Å². The Morgan fingerprint density at radius 2 is 1.92 bits per heavy atom. The van der Waals surface area contributed by atoms with E-state index in [4.69, 9.17) is 0 Å². The van der Waals surface area contributed by atoms with Gasteiger partial charge >= 0.3 is 0 Å². The van der Waals surface area contributed by atoms with Crippen LogP contribution in [0, 0.1) is 0 Å². The molecule has 0 radical (unpaired) electrons. The van der Waals surface area contributed by atoms with Gasteiger partial charge in [0.05, 0.1) is 5.69 Å². The fourth-order valence-electron chi connectivity index (χ4n) is 4.94. The molecule has 1 fully saturated rings.